The molecule has 1 aromatic rings. The molecule has 0 heterocycles. The lowest BCUT2D eigenvalue weighted by atomic mass is 10.2. The van der Waals surface area contributed by atoms with Crippen LogP contribution in [0.4, 0.5) is 0 Å². The summed E-state index contributed by atoms with van der Waals surface area (Å²) in [6, 6.07) is 13.6. The van der Waals surface area contributed by atoms with Crippen molar-refractivity contribution in [1.82, 2.24) is 0 Å². The van der Waals surface area contributed by atoms with Crippen LogP contribution in [0.3, 0.4) is 0 Å². The third-order valence-corrected chi connectivity index (χ3v) is 13.9. The number of benzene rings is 1. The average Bonchev–Trinajstić information content (AvgIpc) is 2.72. The molecule has 1 rings (SSSR count). The Morgan fingerprint density at radius 3 is 1.91 bits per heavy atom. The quantitative estimate of drug-likeness (QED) is 0.187. The molecule has 0 aromatic heterocycles. The predicted molar refractivity (Wildman–Crippen MR) is 142 cm³/mol. The lowest BCUT2D eigenvalue weighted by Crippen LogP contribution is -2.48. The molecule has 0 aliphatic carbocycles. The molecule has 0 bridgehead atoms. The van der Waals surface area contributed by atoms with Crippen LogP contribution in [0.5, 0.6) is 0 Å². The highest BCUT2D eigenvalue weighted by atomic mass is 28.4. The first kappa shape index (κ1) is 29.1. The monoisotopic (exact) mass is 475 g/mol. The first-order valence-electron chi connectivity index (χ1n) is 12.2. The molecule has 2 atom stereocenters. The second-order valence-electron chi connectivity index (χ2n) is 10.7. The molecule has 32 heavy (non-hydrogen) atoms. The lowest BCUT2D eigenvalue weighted by Gasteiger charge is -2.41. The van der Waals surface area contributed by atoms with Gasteiger partial charge < -0.3 is 13.6 Å². The molecular formula is C27H47O3Si2. The van der Waals surface area contributed by atoms with Gasteiger partial charge in [-0.05, 0) is 40.7 Å². The topological polar surface area (TPSA) is 27.7 Å². The van der Waals surface area contributed by atoms with Crippen LogP contribution < -0.4 is 0 Å². The summed E-state index contributed by atoms with van der Waals surface area (Å²) < 4.78 is 19.4. The minimum absolute atomic E-state index is 0.0483. The molecule has 0 saturated carbocycles. The number of hydrogen-bond acceptors (Lipinski definition) is 3. The summed E-state index contributed by atoms with van der Waals surface area (Å²) in [7, 11) is -2.94. The minimum atomic E-state index is -1.75. The van der Waals surface area contributed by atoms with Crippen molar-refractivity contribution in [2.45, 2.75) is 116 Å². The molecule has 0 N–H and O–H groups in total. The highest BCUT2D eigenvalue weighted by molar-refractivity contribution is 6.73. The fraction of sp³-hybridized carbons (Fsp3) is 0.704. The third kappa shape index (κ3) is 9.53. The van der Waals surface area contributed by atoms with Gasteiger partial charge in [0, 0.05) is 0 Å². The predicted octanol–water partition coefficient (Wildman–Crippen LogP) is 7.59. The van der Waals surface area contributed by atoms with Crippen LogP contribution in [-0.2, 0) is 20.2 Å². The van der Waals surface area contributed by atoms with Crippen LogP contribution in [0.2, 0.25) is 28.2 Å². The van der Waals surface area contributed by atoms with Gasteiger partial charge in [-0.15, -0.1) is 0 Å². The second-order valence-corrected chi connectivity index (χ2v) is 19.4. The molecule has 3 nitrogen and oxygen atoms in total. The molecule has 0 saturated heterocycles. The van der Waals surface area contributed by atoms with E-state index in [0.717, 1.165) is 23.7 Å². The van der Waals surface area contributed by atoms with Gasteiger partial charge in [0.25, 0.3) is 0 Å². The van der Waals surface area contributed by atoms with Crippen molar-refractivity contribution in [1.29, 1.82) is 0 Å². The summed E-state index contributed by atoms with van der Waals surface area (Å²) in [6.07, 6.45) is -0.285. The van der Waals surface area contributed by atoms with Gasteiger partial charge in [-0.1, -0.05) is 104 Å². The van der Waals surface area contributed by atoms with Gasteiger partial charge in [0.15, 0.2) is 8.32 Å². The van der Waals surface area contributed by atoms with Crippen LogP contribution in [0.15, 0.2) is 30.3 Å². The van der Waals surface area contributed by atoms with Crippen molar-refractivity contribution < 1.29 is 13.6 Å². The van der Waals surface area contributed by atoms with Crippen molar-refractivity contribution in [2.24, 2.45) is 0 Å². The molecule has 0 fully saturated rings. The van der Waals surface area contributed by atoms with Crippen LogP contribution in [0.25, 0.3) is 0 Å². The highest BCUT2D eigenvalue weighted by Gasteiger charge is 2.42. The van der Waals surface area contributed by atoms with Gasteiger partial charge >= 0.3 is 0 Å². The Kier molecular flexibility index (Phi) is 11.9. The van der Waals surface area contributed by atoms with Crippen LogP contribution in [0.1, 0.15) is 74.8 Å². The van der Waals surface area contributed by atoms with E-state index in [-0.39, 0.29) is 22.3 Å². The van der Waals surface area contributed by atoms with Crippen LogP contribution >= 0.6 is 0 Å². The zero-order valence-corrected chi connectivity index (χ0v) is 24.3. The van der Waals surface area contributed by atoms with Gasteiger partial charge in [0.05, 0.1) is 12.7 Å². The van der Waals surface area contributed by atoms with Crippen molar-refractivity contribution in [3.63, 3.8) is 0 Å². The van der Waals surface area contributed by atoms with E-state index in [1.165, 1.54) is 0 Å². The highest BCUT2D eigenvalue weighted by Crippen LogP contribution is 2.43. The fourth-order valence-electron chi connectivity index (χ4n) is 4.24. The van der Waals surface area contributed by atoms with E-state index < -0.39 is 17.4 Å². The molecule has 181 valence electrons. The van der Waals surface area contributed by atoms with E-state index in [9.17, 15) is 0 Å². The Morgan fingerprint density at radius 2 is 1.44 bits per heavy atom. The van der Waals surface area contributed by atoms with Gasteiger partial charge in [-0.2, -0.15) is 0 Å². The van der Waals surface area contributed by atoms with Crippen molar-refractivity contribution in [3.05, 3.63) is 35.9 Å². The molecule has 0 spiro atoms. The summed E-state index contributed by atoms with van der Waals surface area (Å²) in [6.45, 7) is 23.6. The second kappa shape index (κ2) is 13.1. The maximum absolute atomic E-state index is 6.86. The summed E-state index contributed by atoms with van der Waals surface area (Å²) in [5.41, 5.74) is 1.16. The first-order valence-corrected chi connectivity index (χ1v) is 16.1. The van der Waals surface area contributed by atoms with E-state index in [1.54, 1.807) is 0 Å². The van der Waals surface area contributed by atoms with Gasteiger partial charge in [-0.25, -0.2) is 0 Å². The average molecular weight is 476 g/mol. The van der Waals surface area contributed by atoms with Gasteiger partial charge in [0.1, 0.15) is 12.7 Å². The van der Waals surface area contributed by atoms with E-state index in [2.05, 4.69) is 93.2 Å². The summed E-state index contributed by atoms with van der Waals surface area (Å²) in [4.78, 5) is 0. The maximum atomic E-state index is 6.86. The lowest BCUT2D eigenvalue weighted by molar-refractivity contribution is 0.0837. The largest absolute Gasteiger partial charge is 0.411 e. The number of hydrogen-bond donors (Lipinski definition) is 0. The normalized spacial score (nSPS) is 14.7. The third-order valence-electron chi connectivity index (χ3n) is 5.93. The maximum Gasteiger partial charge on any atom is 0.224 e. The zero-order chi connectivity index (χ0) is 24.4. The molecule has 1 aromatic carbocycles. The molecule has 5 heteroatoms. The van der Waals surface area contributed by atoms with Gasteiger partial charge in [-0.3, -0.25) is 0 Å². The smallest absolute Gasteiger partial charge is 0.224 e. The van der Waals surface area contributed by atoms with E-state index in [0.29, 0.717) is 13.2 Å². The zero-order valence-electron chi connectivity index (χ0n) is 22.3. The van der Waals surface area contributed by atoms with Crippen molar-refractivity contribution >= 4 is 17.4 Å². The number of ether oxygens (including phenoxy) is 1. The molecular weight excluding hydrogens is 428 g/mol. The van der Waals surface area contributed by atoms with Crippen LogP contribution in [-0.4, -0.2) is 36.2 Å². The Bertz CT molecular complexity index is 684. The van der Waals surface area contributed by atoms with E-state index in [4.69, 9.17) is 13.6 Å². The van der Waals surface area contributed by atoms with E-state index >= 15 is 0 Å². The van der Waals surface area contributed by atoms with Crippen molar-refractivity contribution in [3.8, 4) is 11.8 Å². The molecule has 0 aliphatic heterocycles. The summed E-state index contributed by atoms with van der Waals surface area (Å²) in [5, 5.41) is 0.197. The first-order chi connectivity index (χ1) is 14.9. The molecule has 1 unspecified atom stereocenters. The Hall–Kier alpha value is -0.906. The van der Waals surface area contributed by atoms with E-state index in [1.807, 2.05) is 18.2 Å². The van der Waals surface area contributed by atoms with Crippen molar-refractivity contribution in [2.75, 3.05) is 6.61 Å². The number of rotatable bonds is 11. The van der Waals surface area contributed by atoms with Gasteiger partial charge in [0.2, 0.25) is 9.04 Å². The molecule has 0 amide bonds. The molecule has 0 aliphatic rings. The Morgan fingerprint density at radius 1 is 0.906 bits per heavy atom. The standard InChI is InChI=1S/C27H47O3Si2/c1-11-32(12-2,13-3)30-23(4)25(29-31(26(5,6)7)27(8,9)10)20-17-21-28-22-24-18-15-14-16-19-24/h14-16,18-19,23,25H,11-13,21-22H2,1-10H3/t23-,25?/m0/s1. The summed E-state index contributed by atoms with van der Waals surface area (Å²) >= 11 is 0. The molecule has 1 radical (unpaired) electrons. The Balaban J connectivity index is 3.01. The SMILES string of the molecule is CC[Si](CC)(CC)O[C@@H](C)C(C#CCOCc1ccccc1)O[Si](C(C)(C)C)C(C)(C)C. The Labute approximate surface area is 201 Å². The van der Waals surface area contributed by atoms with Crippen LogP contribution in [0, 0.1) is 11.8 Å². The summed E-state index contributed by atoms with van der Waals surface area (Å²) in [5.74, 6) is 6.64. The minimum Gasteiger partial charge on any atom is -0.411 e. The fourth-order valence-corrected chi connectivity index (χ4v) is 10.6.